The van der Waals surface area contributed by atoms with Crippen molar-refractivity contribution in [3.63, 3.8) is 0 Å². The van der Waals surface area contributed by atoms with Crippen molar-refractivity contribution in [3.8, 4) is 0 Å². The predicted octanol–water partition coefficient (Wildman–Crippen LogP) is 1.00. The highest BCUT2D eigenvalue weighted by molar-refractivity contribution is 7.89. The lowest BCUT2D eigenvalue weighted by Gasteiger charge is -2.07. The molecular formula is C11H14FNO3S. The molecule has 0 radical (unpaired) electrons. The molecule has 2 N–H and O–H groups in total. The Balaban J connectivity index is 2.26. The Morgan fingerprint density at radius 1 is 1.53 bits per heavy atom. The summed E-state index contributed by atoms with van der Waals surface area (Å²) in [4.78, 5) is -0.367. The van der Waals surface area contributed by atoms with Gasteiger partial charge in [0.2, 0.25) is 10.0 Å². The van der Waals surface area contributed by atoms with Crippen LogP contribution in [-0.4, -0.2) is 19.6 Å². The molecule has 0 bridgehead atoms. The first-order chi connectivity index (χ1) is 7.94. The molecule has 2 atom stereocenters. The Labute approximate surface area is 99.5 Å². The van der Waals surface area contributed by atoms with Gasteiger partial charge in [0, 0.05) is 6.04 Å². The van der Waals surface area contributed by atoms with Crippen LogP contribution in [0.3, 0.4) is 0 Å². The van der Waals surface area contributed by atoms with Gasteiger partial charge in [0.1, 0.15) is 10.7 Å². The monoisotopic (exact) mass is 259 g/mol. The second-order valence-electron chi connectivity index (χ2n) is 4.36. The van der Waals surface area contributed by atoms with Crippen LogP contribution in [-0.2, 0) is 16.6 Å². The minimum absolute atomic E-state index is 0.0862. The first-order valence-corrected chi connectivity index (χ1v) is 6.84. The van der Waals surface area contributed by atoms with E-state index in [1.54, 1.807) is 0 Å². The summed E-state index contributed by atoms with van der Waals surface area (Å²) in [5.41, 5.74) is 0.348. The number of nitrogens with one attached hydrogen (secondary N) is 1. The molecule has 1 fully saturated rings. The van der Waals surface area contributed by atoms with Crippen LogP contribution in [0, 0.1) is 11.7 Å². The first-order valence-electron chi connectivity index (χ1n) is 5.35. The standard InChI is InChI=1S/C11H14FNO3S/c1-7-4-10(7)13-17(15,16)11-3-2-8(6-14)5-9(11)12/h2-3,5,7,10,13-14H,4,6H2,1H3. The topological polar surface area (TPSA) is 66.4 Å². The summed E-state index contributed by atoms with van der Waals surface area (Å²) in [6.07, 6.45) is 0.787. The van der Waals surface area contributed by atoms with Gasteiger partial charge >= 0.3 is 0 Å². The highest BCUT2D eigenvalue weighted by atomic mass is 32.2. The quantitative estimate of drug-likeness (QED) is 0.848. The van der Waals surface area contributed by atoms with Crippen LogP contribution in [0.5, 0.6) is 0 Å². The molecule has 0 heterocycles. The summed E-state index contributed by atoms with van der Waals surface area (Å²) in [6, 6.07) is 3.52. The molecule has 1 aromatic carbocycles. The van der Waals surface area contributed by atoms with E-state index in [4.69, 9.17) is 5.11 Å². The number of hydrogen-bond donors (Lipinski definition) is 2. The van der Waals surface area contributed by atoms with E-state index in [9.17, 15) is 12.8 Å². The smallest absolute Gasteiger partial charge is 0.243 e. The largest absolute Gasteiger partial charge is 0.392 e. The van der Waals surface area contributed by atoms with Gasteiger partial charge in [0.15, 0.2) is 0 Å². The molecule has 0 saturated heterocycles. The van der Waals surface area contributed by atoms with E-state index < -0.39 is 15.8 Å². The Kier molecular flexibility index (Phi) is 3.20. The average molecular weight is 259 g/mol. The van der Waals surface area contributed by atoms with Gasteiger partial charge in [-0.05, 0) is 30.0 Å². The predicted molar refractivity (Wildman–Crippen MR) is 60.2 cm³/mol. The summed E-state index contributed by atoms with van der Waals surface area (Å²) in [7, 11) is -3.79. The molecule has 1 aliphatic rings. The van der Waals surface area contributed by atoms with E-state index in [2.05, 4.69) is 4.72 Å². The fourth-order valence-electron chi connectivity index (χ4n) is 1.61. The fourth-order valence-corrected chi connectivity index (χ4v) is 3.03. The minimum Gasteiger partial charge on any atom is -0.392 e. The van der Waals surface area contributed by atoms with Crippen molar-refractivity contribution in [2.24, 2.45) is 5.92 Å². The van der Waals surface area contributed by atoms with E-state index in [1.807, 2.05) is 6.92 Å². The van der Waals surface area contributed by atoms with Crippen LogP contribution in [0.4, 0.5) is 4.39 Å². The molecule has 0 aromatic heterocycles. The number of rotatable bonds is 4. The van der Waals surface area contributed by atoms with E-state index in [0.717, 1.165) is 12.5 Å². The molecule has 1 aliphatic carbocycles. The van der Waals surface area contributed by atoms with Gasteiger partial charge in [-0.3, -0.25) is 0 Å². The fraction of sp³-hybridized carbons (Fsp3) is 0.455. The maximum absolute atomic E-state index is 13.6. The molecule has 17 heavy (non-hydrogen) atoms. The highest BCUT2D eigenvalue weighted by Gasteiger charge is 2.37. The number of hydrogen-bond acceptors (Lipinski definition) is 3. The van der Waals surface area contributed by atoms with Crippen molar-refractivity contribution in [2.45, 2.75) is 30.9 Å². The van der Waals surface area contributed by atoms with E-state index in [1.165, 1.54) is 12.1 Å². The summed E-state index contributed by atoms with van der Waals surface area (Å²) in [6.45, 7) is 1.61. The molecule has 1 aromatic rings. The van der Waals surface area contributed by atoms with Crippen molar-refractivity contribution in [1.29, 1.82) is 0 Å². The summed E-state index contributed by atoms with van der Waals surface area (Å²) in [5.74, 6) is -0.526. The second-order valence-corrected chi connectivity index (χ2v) is 6.05. The number of aliphatic hydroxyl groups is 1. The van der Waals surface area contributed by atoms with E-state index in [0.29, 0.717) is 11.5 Å². The lowest BCUT2D eigenvalue weighted by atomic mass is 10.2. The summed E-state index contributed by atoms with van der Waals surface area (Å²) >= 11 is 0. The van der Waals surface area contributed by atoms with Gasteiger partial charge in [-0.2, -0.15) is 0 Å². The lowest BCUT2D eigenvalue weighted by Crippen LogP contribution is -2.27. The lowest BCUT2D eigenvalue weighted by molar-refractivity contribution is 0.281. The zero-order valence-electron chi connectivity index (χ0n) is 9.35. The maximum Gasteiger partial charge on any atom is 0.243 e. The average Bonchev–Trinajstić information content (AvgIpc) is 2.92. The number of sulfonamides is 1. The SMILES string of the molecule is CC1CC1NS(=O)(=O)c1ccc(CO)cc1F. The second kappa shape index (κ2) is 4.36. The Hall–Kier alpha value is -0.980. The Bertz CT molecular complexity index is 530. The molecule has 6 heteroatoms. The Morgan fingerprint density at radius 3 is 2.65 bits per heavy atom. The number of benzene rings is 1. The van der Waals surface area contributed by atoms with Gasteiger partial charge in [0.25, 0.3) is 0 Å². The van der Waals surface area contributed by atoms with Crippen LogP contribution >= 0.6 is 0 Å². The van der Waals surface area contributed by atoms with Crippen molar-refractivity contribution in [1.82, 2.24) is 4.72 Å². The molecule has 94 valence electrons. The summed E-state index contributed by atoms with van der Waals surface area (Å²) in [5, 5.41) is 8.81. The molecule has 4 nitrogen and oxygen atoms in total. The number of halogens is 1. The van der Waals surface area contributed by atoms with Crippen molar-refractivity contribution >= 4 is 10.0 Å². The molecular weight excluding hydrogens is 245 g/mol. The molecule has 0 amide bonds. The van der Waals surface area contributed by atoms with Gasteiger partial charge in [-0.15, -0.1) is 0 Å². The van der Waals surface area contributed by atoms with E-state index in [-0.39, 0.29) is 17.5 Å². The van der Waals surface area contributed by atoms with Crippen LogP contribution in [0.25, 0.3) is 0 Å². The first kappa shape index (κ1) is 12.5. The zero-order valence-corrected chi connectivity index (χ0v) is 10.2. The molecule has 1 saturated carbocycles. The number of aliphatic hydroxyl groups excluding tert-OH is 1. The molecule has 2 rings (SSSR count). The summed E-state index contributed by atoms with van der Waals surface area (Å²) < 4.78 is 39.7. The maximum atomic E-state index is 13.6. The molecule has 2 unspecified atom stereocenters. The van der Waals surface area contributed by atoms with Crippen molar-refractivity contribution in [2.75, 3.05) is 0 Å². The van der Waals surface area contributed by atoms with Crippen molar-refractivity contribution < 1.29 is 17.9 Å². The van der Waals surface area contributed by atoms with Gasteiger partial charge < -0.3 is 5.11 Å². The third-order valence-corrected chi connectivity index (χ3v) is 4.41. The van der Waals surface area contributed by atoms with Gasteiger partial charge in [-0.1, -0.05) is 13.0 Å². The third kappa shape index (κ3) is 2.65. The van der Waals surface area contributed by atoms with Crippen LogP contribution in [0.1, 0.15) is 18.9 Å². The third-order valence-electron chi connectivity index (χ3n) is 2.88. The van der Waals surface area contributed by atoms with Crippen molar-refractivity contribution in [3.05, 3.63) is 29.6 Å². The highest BCUT2D eigenvalue weighted by Crippen LogP contribution is 2.31. The molecule has 0 aliphatic heterocycles. The van der Waals surface area contributed by atoms with E-state index >= 15 is 0 Å². The normalized spacial score (nSPS) is 23.7. The zero-order chi connectivity index (χ0) is 12.6. The van der Waals surface area contributed by atoms with Crippen LogP contribution in [0.2, 0.25) is 0 Å². The van der Waals surface area contributed by atoms with Gasteiger partial charge in [0.05, 0.1) is 6.61 Å². The van der Waals surface area contributed by atoms with Crippen LogP contribution < -0.4 is 4.72 Å². The Morgan fingerprint density at radius 2 is 2.18 bits per heavy atom. The van der Waals surface area contributed by atoms with Crippen LogP contribution in [0.15, 0.2) is 23.1 Å². The minimum atomic E-state index is -3.79. The van der Waals surface area contributed by atoms with Gasteiger partial charge in [-0.25, -0.2) is 17.5 Å². The molecule has 0 spiro atoms.